The van der Waals surface area contributed by atoms with Crippen molar-refractivity contribution < 1.29 is 116 Å². The third kappa shape index (κ3) is 4.79. The molecule has 202 valence electrons. The molecular weight excluding hydrogens is 585 g/mol. The molecule has 0 aromatic carbocycles. The average Bonchev–Trinajstić information content (AvgIpc) is 2.50. The van der Waals surface area contributed by atoms with E-state index < -0.39 is 71.3 Å². The van der Waals surface area contributed by atoms with Crippen molar-refractivity contribution in [1.29, 1.82) is 0 Å². The van der Waals surface area contributed by atoms with Crippen LogP contribution >= 0.6 is 0 Å². The molecule has 0 radical (unpaired) electrons. The summed E-state index contributed by atoms with van der Waals surface area (Å²) >= 11 is 0. The van der Waals surface area contributed by atoms with Crippen LogP contribution in [0.3, 0.4) is 0 Å². The van der Waals surface area contributed by atoms with Gasteiger partial charge in [0.05, 0.1) is 0 Å². The van der Waals surface area contributed by atoms with Crippen molar-refractivity contribution in [2.75, 3.05) is 5.08 Å². The number of halogens is 18. The quantitative estimate of drug-likeness (QED) is 0.321. The Morgan fingerprint density at radius 3 is 0.735 bits per heavy atom. The Labute approximate surface area is 188 Å². The number of sulfone groups is 2. The fourth-order valence-corrected chi connectivity index (χ4v) is 5.32. The zero-order valence-corrected chi connectivity index (χ0v) is 16.6. The van der Waals surface area contributed by atoms with E-state index >= 15 is 0 Å². The van der Waals surface area contributed by atoms with Crippen molar-refractivity contribution in [1.82, 2.24) is 0 Å². The van der Waals surface area contributed by atoms with Gasteiger partial charge in [-0.05, 0) is 0 Å². The molecule has 0 N–H and O–H groups in total. The fourth-order valence-electron chi connectivity index (χ4n) is 1.46. The van der Waals surface area contributed by atoms with Crippen LogP contribution in [0, 0.1) is 0 Å². The van der Waals surface area contributed by atoms with Gasteiger partial charge in [-0.15, -0.1) is 0 Å². The first-order valence-corrected chi connectivity index (χ1v) is 9.86. The summed E-state index contributed by atoms with van der Waals surface area (Å²) in [6.45, 7) is 0. The maximum atomic E-state index is 13.3. The molecule has 0 bridgehead atoms. The van der Waals surface area contributed by atoms with Crippen molar-refractivity contribution in [3.05, 3.63) is 0 Å². The van der Waals surface area contributed by atoms with E-state index in [1.807, 2.05) is 0 Å². The molecule has 0 heterocycles. The molecule has 0 rings (SSSR count). The van der Waals surface area contributed by atoms with Gasteiger partial charge in [-0.3, -0.25) is 0 Å². The smallest absolute Gasteiger partial charge is 1.00 e. The Balaban J connectivity index is -0.00000512. The second-order valence-corrected chi connectivity index (χ2v) is 10.1. The van der Waals surface area contributed by atoms with E-state index in [4.69, 9.17) is 0 Å². The molecule has 0 atom stereocenters. The van der Waals surface area contributed by atoms with Crippen LogP contribution in [-0.4, -0.2) is 68.5 Å². The molecule has 4 nitrogen and oxygen atoms in total. The number of hydrogen-bond acceptors (Lipinski definition) is 4. The SMILES string of the molecule is O=S(=O)(CS(=O)(=O)C(F)(F)C(F)(F)C(F)(F)C(F)(F)F)C(F)(F)C(F)(F)C(F)(F)C(F)(F)F.[H-].[Li+]. The van der Waals surface area contributed by atoms with Gasteiger partial charge in [0.15, 0.2) is 5.08 Å². The Morgan fingerprint density at radius 1 is 0.412 bits per heavy atom. The van der Waals surface area contributed by atoms with Crippen LogP contribution < -0.4 is 18.9 Å². The van der Waals surface area contributed by atoms with E-state index in [-0.39, 0.29) is 20.3 Å². The predicted molar refractivity (Wildman–Crippen MR) is 65.6 cm³/mol. The second kappa shape index (κ2) is 8.67. The molecule has 34 heavy (non-hydrogen) atoms. The molecule has 0 fully saturated rings. The van der Waals surface area contributed by atoms with Crippen LogP contribution in [0.15, 0.2) is 0 Å². The topological polar surface area (TPSA) is 68.3 Å². The van der Waals surface area contributed by atoms with Crippen LogP contribution in [0.4, 0.5) is 79.0 Å². The molecule has 0 aliphatic rings. The van der Waals surface area contributed by atoms with Crippen LogP contribution in [0.1, 0.15) is 1.43 Å². The number of hydrogen-bond donors (Lipinski definition) is 0. The van der Waals surface area contributed by atoms with E-state index in [1.165, 1.54) is 0 Å². The third-order valence-electron chi connectivity index (χ3n) is 3.32. The minimum absolute atomic E-state index is 0. The Kier molecular flexibility index (Phi) is 9.03. The van der Waals surface area contributed by atoms with E-state index in [2.05, 4.69) is 0 Å². The summed E-state index contributed by atoms with van der Waals surface area (Å²) in [6, 6.07) is 0. The van der Waals surface area contributed by atoms with Gasteiger partial charge in [-0.2, -0.15) is 79.0 Å². The van der Waals surface area contributed by atoms with Crippen molar-refractivity contribution in [2.45, 2.75) is 46.6 Å². The van der Waals surface area contributed by atoms with Crippen molar-refractivity contribution in [3.63, 3.8) is 0 Å². The standard InChI is InChI=1S/C9H2F18O4S2.Li.H/c10-2(11,6(18,19)20)4(14,15)8(24,25)32(28,29)1-33(30,31)9(26,27)5(16,17)3(12,13)7(21,22)23;;/h1H2;;/q;+1;-1. The predicted octanol–water partition coefficient (Wildman–Crippen LogP) is 1.74. The molecular formula is C9H3F18LiO4S2. The zero-order valence-electron chi connectivity index (χ0n) is 16.0. The molecule has 25 heteroatoms. The summed E-state index contributed by atoms with van der Waals surface area (Å²) in [5.41, 5.74) is 0. The number of rotatable bonds is 8. The van der Waals surface area contributed by atoms with Gasteiger partial charge in [0.25, 0.3) is 0 Å². The minimum Gasteiger partial charge on any atom is -1.00 e. The molecule has 0 amide bonds. The van der Waals surface area contributed by atoms with E-state index in [0.29, 0.717) is 0 Å². The normalized spacial score (nSPS) is 16.3. The largest absolute Gasteiger partial charge is 1.00 e. The molecule has 0 aromatic rings. The maximum absolute atomic E-state index is 13.3. The molecule has 0 unspecified atom stereocenters. The van der Waals surface area contributed by atoms with E-state index in [9.17, 15) is 95.9 Å². The second-order valence-electron chi connectivity index (χ2n) is 5.67. The van der Waals surface area contributed by atoms with Gasteiger partial charge in [0.2, 0.25) is 19.7 Å². The first-order valence-electron chi connectivity index (χ1n) is 6.55. The van der Waals surface area contributed by atoms with Crippen molar-refractivity contribution in [2.24, 2.45) is 0 Å². The van der Waals surface area contributed by atoms with Gasteiger partial charge in [-0.25, -0.2) is 16.8 Å². The Morgan fingerprint density at radius 2 is 0.588 bits per heavy atom. The first-order chi connectivity index (χ1) is 13.7. The van der Waals surface area contributed by atoms with Crippen molar-refractivity contribution in [3.8, 4) is 0 Å². The van der Waals surface area contributed by atoms with Crippen LogP contribution in [0.2, 0.25) is 0 Å². The summed E-state index contributed by atoms with van der Waals surface area (Å²) in [5, 5.41) is -20.8. The third-order valence-corrected chi connectivity index (χ3v) is 7.88. The van der Waals surface area contributed by atoms with Crippen molar-refractivity contribution >= 4 is 19.7 Å². The summed E-state index contributed by atoms with van der Waals surface area (Å²) in [7, 11) is -16.9. The monoisotopic (exact) mass is 588 g/mol. The number of alkyl halides is 18. The Bertz CT molecular complexity index is 889. The zero-order chi connectivity index (χ0) is 27.7. The summed E-state index contributed by atoms with van der Waals surface area (Å²) in [4.78, 5) is 0. The van der Waals surface area contributed by atoms with Crippen LogP contribution in [-0.2, 0) is 19.7 Å². The molecule has 0 aromatic heterocycles. The van der Waals surface area contributed by atoms with Gasteiger partial charge in [-0.1, -0.05) is 0 Å². The molecule has 0 saturated heterocycles. The minimum atomic E-state index is -8.43. The summed E-state index contributed by atoms with van der Waals surface area (Å²) in [6.07, 6.45) is -15.5. The molecule has 0 aliphatic heterocycles. The molecule has 0 aliphatic carbocycles. The molecule has 0 spiro atoms. The van der Waals surface area contributed by atoms with E-state index in [1.54, 1.807) is 0 Å². The first kappa shape index (κ1) is 35.4. The van der Waals surface area contributed by atoms with E-state index in [0.717, 1.165) is 0 Å². The van der Waals surface area contributed by atoms with Gasteiger partial charge in [0, 0.05) is 0 Å². The Hall–Kier alpha value is -0.763. The van der Waals surface area contributed by atoms with Gasteiger partial charge >= 0.3 is 65.4 Å². The van der Waals surface area contributed by atoms with Crippen LogP contribution in [0.5, 0.6) is 0 Å². The van der Waals surface area contributed by atoms with Gasteiger partial charge < -0.3 is 1.43 Å². The molecule has 0 saturated carbocycles. The summed E-state index contributed by atoms with van der Waals surface area (Å²) < 4.78 is 271. The maximum Gasteiger partial charge on any atom is 1.00 e. The average molecular weight is 588 g/mol. The fraction of sp³-hybridized carbons (Fsp3) is 1.00. The van der Waals surface area contributed by atoms with Gasteiger partial charge in [0.1, 0.15) is 0 Å². The summed E-state index contributed by atoms with van der Waals surface area (Å²) in [5.74, 6) is -32.6. The van der Waals surface area contributed by atoms with Crippen LogP contribution in [0.25, 0.3) is 0 Å².